The Bertz CT molecular complexity index is 620. The standard InChI is InChI=1S/C16H18N2O4/c19-13-3-1-2-10-18(13)12-6-4-11(5-7-12)14(20)17-16(8-9-16)15(21)22/h4-7H,1-3,8-10H2,(H,17,20)(H,21,22). The van der Waals surface area contributed by atoms with Crippen molar-refractivity contribution in [2.75, 3.05) is 11.4 Å². The second-order valence-corrected chi connectivity index (χ2v) is 5.89. The average molecular weight is 302 g/mol. The molecule has 1 heterocycles. The van der Waals surface area contributed by atoms with Crippen molar-refractivity contribution in [3.8, 4) is 0 Å². The molecular weight excluding hydrogens is 284 g/mol. The molecule has 0 aromatic heterocycles. The molecule has 1 aliphatic carbocycles. The van der Waals surface area contributed by atoms with Crippen LogP contribution in [0.1, 0.15) is 42.5 Å². The molecule has 1 aliphatic heterocycles. The number of carboxylic acid groups (broad SMARTS) is 1. The van der Waals surface area contributed by atoms with Gasteiger partial charge < -0.3 is 15.3 Å². The van der Waals surface area contributed by atoms with E-state index in [2.05, 4.69) is 5.32 Å². The lowest BCUT2D eigenvalue weighted by atomic mass is 10.1. The van der Waals surface area contributed by atoms with Gasteiger partial charge in [-0.2, -0.15) is 0 Å². The van der Waals surface area contributed by atoms with Crippen molar-refractivity contribution in [3.63, 3.8) is 0 Å². The van der Waals surface area contributed by atoms with Gasteiger partial charge in [-0.05, 0) is 49.9 Å². The van der Waals surface area contributed by atoms with Crippen molar-refractivity contribution in [2.24, 2.45) is 0 Å². The zero-order valence-electron chi connectivity index (χ0n) is 12.2. The van der Waals surface area contributed by atoms with E-state index in [1.165, 1.54) is 0 Å². The van der Waals surface area contributed by atoms with Gasteiger partial charge in [0, 0.05) is 24.2 Å². The molecule has 116 valence electrons. The molecule has 3 rings (SSSR count). The summed E-state index contributed by atoms with van der Waals surface area (Å²) in [5, 5.41) is 11.7. The molecule has 0 spiro atoms. The lowest BCUT2D eigenvalue weighted by Crippen LogP contribution is -2.43. The summed E-state index contributed by atoms with van der Waals surface area (Å²) in [7, 11) is 0. The summed E-state index contributed by atoms with van der Waals surface area (Å²) in [6.45, 7) is 0.701. The molecule has 6 nitrogen and oxygen atoms in total. The first kappa shape index (κ1) is 14.6. The summed E-state index contributed by atoms with van der Waals surface area (Å²) in [6.07, 6.45) is 3.40. The number of carboxylic acids is 1. The number of piperidine rings is 1. The Hall–Kier alpha value is -2.37. The van der Waals surface area contributed by atoms with Crippen molar-refractivity contribution in [1.82, 2.24) is 5.32 Å². The molecule has 2 aliphatic rings. The van der Waals surface area contributed by atoms with E-state index in [9.17, 15) is 14.4 Å². The minimum absolute atomic E-state index is 0.103. The lowest BCUT2D eigenvalue weighted by molar-refractivity contribution is -0.140. The fourth-order valence-corrected chi connectivity index (χ4v) is 2.68. The van der Waals surface area contributed by atoms with Crippen LogP contribution in [0.5, 0.6) is 0 Å². The van der Waals surface area contributed by atoms with Crippen LogP contribution in [-0.4, -0.2) is 35.0 Å². The van der Waals surface area contributed by atoms with E-state index in [4.69, 9.17) is 5.11 Å². The van der Waals surface area contributed by atoms with E-state index in [1.54, 1.807) is 29.2 Å². The van der Waals surface area contributed by atoms with Crippen molar-refractivity contribution in [2.45, 2.75) is 37.6 Å². The van der Waals surface area contributed by atoms with E-state index in [0.29, 0.717) is 31.4 Å². The molecule has 0 unspecified atom stereocenters. The zero-order chi connectivity index (χ0) is 15.7. The third kappa shape index (κ3) is 2.68. The van der Waals surface area contributed by atoms with Crippen LogP contribution in [0.3, 0.4) is 0 Å². The maximum Gasteiger partial charge on any atom is 0.329 e. The van der Waals surface area contributed by atoms with Gasteiger partial charge in [0.15, 0.2) is 0 Å². The molecule has 1 aromatic rings. The maximum absolute atomic E-state index is 12.1. The smallest absolute Gasteiger partial charge is 0.329 e. The molecule has 22 heavy (non-hydrogen) atoms. The van der Waals surface area contributed by atoms with Gasteiger partial charge in [0.2, 0.25) is 5.91 Å². The van der Waals surface area contributed by atoms with Crippen LogP contribution in [-0.2, 0) is 9.59 Å². The first-order valence-electron chi connectivity index (χ1n) is 7.48. The van der Waals surface area contributed by atoms with Crippen LogP contribution >= 0.6 is 0 Å². The van der Waals surface area contributed by atoms with Gasteiger partial charge in [-0.15, -0.1) is 0 Å². The highest BCUT2D eigenvalue weighted by Gasteiger charge is 2.51. The number of aliphatic carboxylic acids is 1. The third-order valence-electron chi connectivity index (χ3n) is 4.28. The summed E-state index contributed by atoms with van der Waals surface area (Å²) >= 11 is 0. The lowest BCUT2D eigenvalue weighted by Gasteiger charge is -2.26. The van der Waals surface area contributed by atoms with E-state index in [0.717, 1.165) is 18.5 Å². The number of amides is 2. The van der Waals surface area contributed by atoms with E-state index >= 15 is 0 Å². The first-order chi connectivity index (χ1) is 10.5. The number of hydrogen-bond acceptors (Lipinski definition) is 3. The second kappa shape index (κ2) is 5.44. The SMILES string of the molecule is O=C(NC1(C(=O)O)CC1)c1ccc(N2CCCCC2=O)cc1. The molecule has 0 radical (unpaired) electrons. The van der Waals surface area contributed by atoms with Gasteiger partial charge in [-0.3, -0.25) is 9.59 Å². The highest BCUT2D eigenvalue weighted by molar-refractivity contribution is 6.00. The molecule has 2 N–H and O–H groups in total. The van der Waals surface area contributed by atoms with Crippen LogP contribution in [0.15, 0.2) is 24.3 Å². The summed E-state index contributed by atoms with van der Waals surface area (Å²) in [5.41, 5.74) is 0.0971. The van der Waals surface area contributed by atoms with Crippen LogP contribution in [0.2, 0.25) is 0 Å². The Balaban J connectivity index is 1.70. The number of anilines is 1. The molecule has 0 bridgehead atoms. The minimum Gasteiger partial charge on any atom is -0.480 e. The number of nitrogens with zero attached hydrogens (tertiary/aromatic N) is 1. The van der Waals surface area contributed by atoms with Gasteiger partial charge in [-0.1, -0.05) is 0 Å². The topological polar surface area (TPSA) is 86.7 Å². The zero-order valence-corrected chi connectivity index (χ0v) is 12.2. The molecule has 6 heteroatoms. The minimum atomic E-state index is -1.08. The Labute approximate surface area is 128 Å². The third-order valence-corrected chi connectivity index (χ3v) is 4.28. The maximum atomic E-state index is 12.1. The average Bonchev–Trinajstić information content (AvgIpc) is 3.29. The molecule has 2 amide bonds. The van der Waals surface area contributed by atoms with Crippen LogP contribution in [0.25, 0.3) is 0 Å². The second-order valence-electron chi connectivity index (χ2n) is 5.89. The predicted octanol–water partition coefficient (Wildman–Crippen LogP) is 1.55. The number of rotatable bonds is 4. The monoisotopic (exact) mass is 302 g/mol. The molecule has 1 saturated carbocycles. The van der Waals surface area contributed by atoms with Gasteiger partial charge in [0.25, 0.3) is 5.91 Å². The Kier molecular flexibility index (Phi) is 3.60. The van der Waals surface area contributed by atoms with Gasteiger partial charge in [0.1, 0.15) is 5.54 Å². The summed E-state index contributed by atoms with van der Waals surface area (Å²) in [4.78, 5) is 36.8. The number of carbonyl (C=O) groups is 3. The van der Waals surface area contributed by atoms with Gasteiger partial charge in [-0.25, -0.2) is 4.79 Å². The molecule has 0 atom stereocenters. The largest absolute Gasteiger partial charge is 0.480 e. The highest BCUT2D eigenvalue weighted by Crippen LogP contribution is 2.35. The fraction of sp³-hybridized carbons (Fsp3) is 0.438. The normalized spacial score (nSPS) is 19.6. The predicted molar refractivity (Wildman–Crippen MR) is 79.7 cm³/mol. The van der Waals surface area contributed by atoms with E-state index in [-0.39, 0.29) is 5.91 Å². The fourth-order valence-electron chi connectivity index (χ4n) is 2.68. The van der Waals surface area contributed by atoms with Crippen LogP contribution in [0, 0.1) is 0 Å². The van der Waals surface area contributed by atoms with Gasteiger partial charge in [0.05, 0.1) is 0 Å². The Morgan fingerprint density at radius 1 is 1.14 bits per heavy atom. The number of benzene rings is 1. The van der Waals surface area contributed by atoms with E-state index in [1.807, 2.05) is 0 Å². The quantitative estimate of drug-likeness (QED) is 0.883. The highest BCUT2D eigenvalue weighted by atomic mass is 16.4. The first-order valence-corrected chi connectivity index (χ1v) is 7.48. The van der Waals surface area contributed by atoms with Crippen molar-refractivity contribution < 1.29 is 19.5 Å². The van der Waals surface area contributed by atoms with E-state index < -0.39 is 17.4 Å². The van der Waals surface area contributed by atoms with Crippen LogP contribution < -0.4 is 10.2 Å². The van der Waals surface area contributed by atoms with Crippen molar-refractivity contribution >= 4 is 23.5 Å². The van der Waals surface area contributed by atoms with Crippen molar-refractivity contribution in [3.05, 3.63) is 29.8 Å². The number of carbonyl (C=O) groups excluding carboxylic acids is 2. The summed E-state index contributed by atoms with van der Waals surface area (Å²) in [5.74, 6) is -1.28. The number of hydrogen-bond donors (Lipinski definition) is 2. The van der Waals surface area contributed by atoms with Crippen molar-refractivity contribution in [1.29, 1.82) is 0 Å². The Morgan fingerprint density at radius 2 is 1.82 bits per heavy atom. The molecule has 1 saturated heterocycles. The molecule has 1 aromatic carbocycles. The molecule has 2 fully saturated rings. The number of nitrogens with one attached hydrogen (secondary N) is 1. The van der Waals surface area contributed by atoms with Gasteiger partial charge >= 0.3 is 5.97 Å². The molecular formula is C16H18N2O4. The summed E-state index contributed by atoms with van der Waals surface area (Å²) < 4.78 is 0. The van der Waals surface area contributed by atoms with Crippen LogP contribution in [0.4, 0.5) is 5.69 Å². The summed E-state index contributed by atoms with van der Waals surface area (Å²) in [6, 6.07) is 6.73. The Morgan fingerprint density at radius 3 is 2.36 bits per heavy atom.